The Morgan fingerprint density at radius 2 is 1.74 bits per heavy atom. The fourth-order valence-corrected chi connectivity index (χ4v) is 2.43. The quantitative estimate of drug-likeness (QED) is 0.748. The van der Waals surface area contributed by atoms with Crippen LogP contribution in [0.25, 0.3) is 11.3 Å². The third-order valence-corrected chi connectivity index (χ3v) is 3.78. The van der Waals surface area contributed by atoms with E-state index in [0.29, 0.717) is 11.5 Å². The van der Waals surface area contributed by atoms with Crippen LogP contribution < -0.4 is 5.32 Å². The Morgan fingerprint density at radius 3 is 2.39 bits per heavy atom. The van der Waals surface area contributed by atoms with E-state index in [1.54, 1.807) is 6.20 Å². The highest BCUT2D eigenvalue weighted by atomic mass is 16.1. The van der Waals surface area contributed by atoms with E-state index in [4.69, 9.17) is 0 Å². The highest BCUT2D eigenvalue weighted by molar-refractivity contribution is 6.07. The molecular formula is C19H19N3O. The van der Waals surface area contributed by atoms with Crippen molar-refractivity contribution in [3.8, 4) is 11.3 Å². The molecule has 0 saturated heterocycles. The molecule has 0 spiro atoms. The summed E-state index contributed by atoms with van der Waals surface area (Å²) in [5, 5.41) is 9.84. The number of aromatic nitrogens is 2. The molecule has 4 heteroatoms. The molecule has 0 radical (unpaired) electrons. The molecule has 0 aliphatic rings. The van der Waals surface area contributed by atoms with Crippen molar-refractivity contribution in [3.05, 3.63) is 71.9 Å². The second-order valence-corrected chi connectivity index (χ2v) is 5.76. The number of rotatable bonds is 4. The van der Waals surface area contributed by atoms with Crippen LogP contribution >= 0.6 is 0 Å². The van der Waals surface area contributed by atoms with Crippen molar-refractivity contribution >= 4 is 11.6 Å². The Bertz CT molecular complexity index is 789. The van der Waals surface area contributed by atoms with Crippen LogP contribution in [0, 0.1) is 0 Å². The fourth-order valence-electron chi connectivity index (χ4n) is 2.43. The third-order valence-electron chi connectivity index (χ3n) is 3.78. The molecule has 116 valence electrons. The number of aromatic amines is 1. The summed E-state index contributed by atoms with van der Waals surface area (Å²) in [6.07, 6.45) is 1.56. The average molecular weight is 305 g/mol. The van der Waals surface area contributed by atoms with Gasteiger partial charge in [0, 0.05) is 11.3 Å². The maximum absolute atomic E-state index is 12.5. The van der Waals surface area contributed by atoms with Gasteiger partial charge in [-0.1, -0.05) is 56.3 Å². The molecule has 0 aliphatic heterocycles. The van der Waals surface area contributed by atoms with E-state index >= 15 is 0 Å². The summed E-state index contributed by atoms with van der Waals surface area (Å²) in [4.78, 5) is 12.5. The zero-order chi connectivity index (χ0) is 16.2. The van der Waals surface area contributed by atoms with Gasteiger partial charge in [0.15, 0.2) is 0 Å². The molecule has 2 N–H and O–H groups in total. The van der Waals surface area contributed by atoms with Gasteiger partial charge in [0.25, 0.3) is 5.91 Å². The number of carbonyl (C=O) groups excluding carboxylic acids is 1. The van der Waals surface area contributed by atoms with Gasteiger partial charge in [0.05, 0.1) is 17.5 Å². The second-order valence-electron chi connectivity index (χ2n) is 5.76. The minimum absolute atomic E-state index is 0.171. The smallest absolute Gasteiger partial charge is 0.259 e. The van der Waals surface area contributed by atoms with Crippen LogP contribution in [0.15, 0.2) is 60.8 Å². The van der Waals surface area contributed by atoms with Gasteiger partial charge in [-0.05, 0) is 23.6 Å². The number of carbonyl (C=O) groups is 1. The number of nitrogens with zero attached hydrogens (tertiary/aromatic N) is 1. The Labute approximate surface area is 135 Å². The molecular weight excluding hydrogens is 286 g/mol. The Kier molecular flexibility index (Phi) is 4.24. The van der Waals surface area contributed by atoms with Crippen molar-refractivity contribution in [2.45, 2.75) is 19.8 Å². The number of benzene rings is 2. The van der Waals surface area contributed by atoms with E-state index in [2.05, 4.69) is 29.4 Å². The van der Waals surface area contributed by atoms with Crippen LogP contribution in [0.3, 0.4) is 0 Å². The van der Waals surface area contributed by atoms with Crippen LogP contribution in [0.2, 0.25) is 0 Å². The van der Waals surface area contributed by atoms with E-state index in [0.717, 1.165) is 16.9 Å². The van der Waals surface area contributed by atoms with Gasteiger partial charge in [-0.3, -0.25) is 9.89 Å². The number of anilines is 1. The lowest BCUT2D eigenvalue weighted by atomic mass is 10.0. The lowest BCUT2D eigenvalue weighted by Gasteiger charge is -2.08. The zero-order valence-electron chi connectivity index (χ0n) is 13.2. The van der Waals surface area contributed by atoms with Gasteiger partial charge in [0.2, 0.25) is 0 Å². The lowest BCUT2D eigenvalue weighted by molar-refractivity contribution is 0.102. The zero-order valence-corrected chi connectivity index (χ0v) is 13.2. The average Bonchev–Trinajstić information content (AvgIpc) is 3.06. The number of nitrogens with one attached hydrogen (secondary N) is 2. The van der Waals surface area contributed by atoms with Gasteiger partial charge in [-0.25, -0.2) is 0 Å². The van der Waals surface area contributed by atoms with Crippen molar-refractivity contribution in [2.75, 3.05) is 5.32 Å². The SMILES string of the molecule is CC(C)c1ccc(NC(=O)c2cn[nH]c2-c2ccccc2)cc1. The Hall–Kier alpha value is -2.88. The monoisotopic (exact) mass is 305 g/mol. The molecule has 0 unspecified atom stereocenters. The molecule has 0 bridgehead atoms. The molecule has 23 heavy (non-hydrogen) atoms. The fraction of sp³-hybridized carbons (Fsp3) is 0.158. The van der Waals surface area contributed by atoms with Crippen molar-refractivity contribution in [1.82, 2.24) is 10.2 Å². The minimum Gasteiger partial charge on any atom is -0.322 e. The summed E-state index contributed by atoms with van der Waals surface area (Å²) >= 11 is 0. The van der Waals surface area contributed by atoms with Gasteiger partial charge in [-0.15, -0.1) is 0 Å². The van der Waals surface area contributed by atoms with Crippen LogP contribution in [0.5, 0.6) is 0 Å². The molecule has 3 rings (SSSR count). The van der Waals surface area contributed by atoms with Gasteiger partial charge in [0.1, 0.15) is 0 Å². The maximum atomic E-state index is 12.5. The predicted octanol–water partition coefficient (Wildman–Crippen LogP) is 4.45. The van der Waals surface area contributed by atoms with Gasteiger partial charge in [-0.2, -0.15) is 5.10 Å². The maximum Gasteiger partial charge on any atom is 0.259 e. The molecule has 2 aromatic carbocycles. The lowest BCUT2D eigenvalue weighted by Crippen LogP contribution is -2.12. The number of hydrogen-bond acceptors (Lipinski definition) is 2. The van der Waals surface area contributed by atoms with E-state index in [9.17, 15) is 4.79 Å². The molecule has 0 aliphatic carbocycles. The highest BCUT2D eigenvalue weighted by Crippen LogP contribution is 2.22. The van der Waals surface area contributed by atoms with Crippen LogP contribution in [-0.2, 0) is 0 Å². The third kappa shape index (κ3) is 3.31. The minimum atomic E-state index is -0.171. The van der Waals surface area contributed by atoms with Crippen molar-refractivity contribution in [1.29, 1.82) is 0 Å². The first-order valence-corrected chi connectivity index (χ1v) is 7.65. The second kappa shape index (κ2) is 6.48. The summed E-state index contributed by atoms with van der Waals surface area (Å²) < 4.78 is 0. The molecule has 1 amide bonds. The topological polar surface area (TPSA) is 57.8 Å². The molecule has 1 heterocycles. The van der Waals surface area contributed by atoms with Gasteiger partial charge >= 0.3 is 0 Å². The first kappa shape index (κ1) is 15.0. The van der Waals surface area contributed by atoms with Crippen LogP contribution in [0.1, 0.15) is 35.7 Å². The summed E-state index contributed by atoms with van der Waals surface area (Å²) in [7, 11) is 0. The molecule has 0 saturated carbocycles. The van der Waals surface area contributed by atoms with E-state index in [-0.39, 0.29) is 5.91 Å². The molecule has 1 aromatic heterocycles. The summed E-state index contributed by atoms with van der Waals surface area (Å²) in [5.74, 6) is 0.299. The van der Waals surface area contributed by atoms with E-state index in [1.807, 2.05) is 54.6 Å². The first-order chi connectivity index (χ1) is 11.1. The van der Waals surface area contributed by atoms with Crippen molar-refractivity contribution < 1.29 is 4.79 Å². The number of H-pyrrole nitrogens is 1. The van der Waals surface area contributed by atoms with E-state index in [1.165, 1.54) is 5.56 Å². The Morgan fingerprint density at radius 1 is 1.04 bits per heavy atom. The summed E-state index contributed by atoms with van der Waals surface area (Å²) in [6, 6.07) is 17.6. The van der Waals surface area contributed by atoms with Crippen molar-refractivity contribution in [2.24, 2.45) is 0 Å². The molecule has 3 aromatic rings. The predicted molar refractivity (Wildman–Crippen MR) is 92.5 cm³/mol. The van der Waals surface area contributed by atoms with E-state index < -0.39 is 0 Å². The summed E-state index contributed by atoms with van der Waals surface area (Å²) in [5.41, 5.74) is 4.22. The molecule has 0 atom stereocenters. The van der Waals surface area contributed by atoms with Gasteiger partial charge < -0.3 is 5.32 Å². The number of amides is 1. The Balaban J connectivity index is 1.81. The standard InChI is InChI=1S/C19H19N3O/c1-13(2)14-8-10-16(11-9-14)21-19(23)17-12-20-22-18(17)15-6-4-3-5-7-15/h3-13H,1-2H3,(H,20,22)(H,21,23). The first-order valence-electron chi connectivity index (χ1n) is 7.65. The molecule has 4 nitrogen and oxygen atoms in total. The van der Waals surface area contributed by atoms with Crippen molar-refractivity contribution in [3.63, 3.8) is 0 Å². The van der Waals surface area contributed by atoms with Crippen LogP contribution in [0.4, 0.5) is 5.69 Å². The molecule has 0 fully saturated rings. The largest absolute Gasteiger partial charge is 0.322 e. The van der Waals surface area contributed by atoms with Crippen LogP contribution in [-0.4, -0.2) is 16.1 Å². The highest BCUT2D eigenvalue weighted by Gasteiger charge is 2.15. The number of hydrogen-bond donors (Lipinski definition) is 2. The normalized spacial score (nSPS) is 10.7. The summed E-state index contributed by atoms with van der Waals surface area (Å²) in [6.45, 7) is 4.29.